The number of unbranched alkanes of at least 4 members (excludes halogenated alkanes) is 8. The maximum Gasteiger partial charge on any atom is 0.476 e. The number of ketones is 1. The minimum Gasteiger partial charge on any atom is -0.479 e. The van der Waals surface area contributed by atoms with E-state index in [0.29, 0.717) is 50.9 Å². The Morgan fingerprint density at radius 2 is 0.949 bits per heavy atom. The Hall–Kier alpha value is -2.40. The van der Waals surface area contributed by atoms with Gasteiger partial charge in [-0.1, -0.05) is 172 Å². The normalized spacial score (nSPS) is 39.8. The number of phosphoric acid groups is 5. The van der Waals surface area contributed by atoms with Crippen molar-refractivity contribution in [2.45, 2.75) is 252 Å². The molecule has 552 valence electrons. The first-order chi connectivity index (χ1) is 46.5. The molecular weight excluding hydrogens is 1370 g/mol. The zero-order valence-corrected chi connectivity index (χ0v) is 64.1. The number of para-hydroxylation sites is 1. The topological polar surface area (TPSA) is 269 Å². The Morgan fingerprint density at radius 1 is 0.469 bits per heavy atom. The lowest BCUT2D eigenvalue weighted by molar-refractivity contribution is -0.266. The Labute approximate surface area is 580 Å². The fraction of sp³-hybridized carbons (Fsp3) is 0.725. The van der Waals surface area contributed by atoms with E-state index in [9.17, 15) is 27.6 Å². The number of carbonyl (C=O) groups excluding carboxylic acids is 1. The van der Waals surface area contributed by atoms with Gasteiger partial charge in [-0.25, -0.2) is 22.8 Å². The van der Waals surface area contributed by atoms with Crippen molar-refractivity contribution in [3.8, 4) is 16.9 Å². The molecule has 0 spiro atoms. The molecule has 15 saturated heterocycles. The van der Waals surface area contributed by atoms with Crippen LogP contribution >= 0.6 is 39.1 Å². The molecule has 3 aromatic carbocycles. The molecule has 15 fully saturated rings. The zero-order valence-electron chi connectivity index (χ0n) is 59.7. The number of benzene rings is 3. The van der Waals surface area contributed by atoms with Crippen molar-refractivity contribution in [1.82, 2.24) is 0 Å². The second-order valence-electron chi connectivity index (χ2n) is 27.5. The van der Waals surface area contributed by atoms with E-state index in [0.717, 1.165) is 42.6 Å². The fourth-order valence-corrected chi connectivity index (χ4v) is 23.0. The molecule has 0 aromatic heterocycles. The molecule has 0 N–H and O–H groups in total. The summed E-state index contributed by atoms with van der Waals surface area (Å²) < 4.78 is 158. The van der Waals surface area contributed by atoms with Crippen LogP contribution in [0.4, 0.5) is 0 Å². The van der Waals surface area contributed by atoms with Gasteiger partial charge in [-0.15, -0.1) is 0 Å². The molecule has 15 aliphatic rings. The summed E-state index contributed by atoms with van der Waals surface area (Å²) in [6.07, 6.45) is 11.9. The lowest BCUT2D eigenvalue weighted by Crippen LogP contribution is -2.69. The van der Waals surface area contributed by atoms with Crippen molar-refractivity contribution in [3.05, 3.63) is 90.0 Å². The standard InChI is InChI=1S/C18H17O5P.C14H19O5P.2C14H27O5P.C9H17O4P/c1-13-3-2-4-16(9-13)14-5-7-15(8-6-14)17(19)18-10-21-24(20,22-11-18)23-12-18;1-4-13-14(16-12-8-6-5-7-9-12)10(2)17-20(15,19-13)18-11(14)3;1-5-6-7-8-9-10-16-14-11(2)17-20(15,18-12(14)3)19-13(14)4;1-4-6-7-8-9-10-16-14-11-17-20(15,18-12(14)3)19-13(14)5-2;1-4-9-5-11-14(10,12-6-9)13-8(9)7(2)3/h2-9H,10-12H2,1H3;5-11,13H,4H2,1-3H3;11-13H,5-10H2,1-4H3;12-13H,4-11H2,1-3H3;7-8H,4-6H2,1-3H3. The summed E-state index contributed by atoms with van der Waals surface area (Å²) in [7, 11) is -16.7. The first kappa shape index (κ1) is 79.7. The molecule has 29 heteroatoms. The first-order valence-corrected chi connectivity index (χ1v) is 42.6. The molecule has 0 amide bonds. The van der Waals surface area contributed by atoms with Gasteiger partial charge in [0, 0.05) is 24.2 Å². The molecule has 18 rings (SSSR count). The molecular formula is C69H107O24P5. The minimum absolute atomic E-state index is 0.000772. The summed E-state index contributed by atoms with van der Waals surface area (Å²) in [5, 5.41) is 0. The Bertz CT molecular complexity index is 3260. The van der Waals surface area contributed by atoms with Gasteiger partial charge < -0.3 is 14.2 Å². The van der Waals surface area contributed by atoms with Crippen molar-refractivity contribution in [2.24, 2.45) is 16.7 Å². The largest absolute Gasteiger partial charge is 0.479 e. The van der Waals surface area contributed by atoms with Gasteiger partial charge in [-0.3, -0.25) is 72.7 Å². The van der Waals surface area contributed by atoms with Crippen molar-refractivity contribution < 1.29 is 110 Å². The summed E-state index contributed by atoms with van der Waals surface area (Å²) in [6.45, 7) is 30.8. The number of phosphoric ester groups is 5. The molecule has 11 unspecified atom stereocenters. The fourth-order valence-electron chi connectivity index (χ4n) is 14.3. The van der Waals surface area contributed by atoms with E-state index >= 15 is 0 Å². The van der Waals surface area contributed by atoms with Crippen LogP contribution < -0.4 is 4.74 Å². The number of carbonyl (C=O) groups is 1. The highest BCUT2D eigenvalue weighted by Crippen LogP contribution is 2.69. The third-order valence-corrected chi connectivity index (χ3v) is 27.9. The maximum absolute atomic E-state index is 12.9. The van der Waals surface area contributed by atoms with E-state index in [1.54, 1.807) is 12.1 Å². The number of fused-ring (bicyclic) bond motifs is 15. The van der Waals surface area contributed by atoms with Crippen molar-refractivity contribution in [2.75, 3.05) is 52.9 Å². The van der Waals surface area contributed by atoms with Crippen molar-refractivity contribution >= 4 is 44.9 Å². The Balaban J connectivity index is 0.000000145. The second-order valence-corrected chi connectivity index (χ2v) is 35.4. The molecule has 0 saturated carbocycles. The van der Waals surface area contributed by atoms with Gasteiger partial charge in [-0.2, -0.15) is 0 Å². The van der Waals surface area contributed by atoms with E-state index in [1.165, 1.54) is 56.9 Å². The van der Waals surface area contributed by atoms with Crippen LogP contribution in [0.15, 0.2) is 78.9 Å². The van der Waals surface area contributed by atoms with E-state index in [4.69, 9.17) is 82.1 Å². The molecule has 10 bridgehead atoms. The van der Waals surface area contributed by atoms with Crippen LogP contribution in [-0.2, 0) is 100 Å². The average Bonchev–Trinajstić information content (AvgIpc) is 0.764. The lowest BCUT2D eigenvalue weighted by Gasteiger charge is -2.55. The maximum atomic E-state index is 12.9. The van der Waals surface area contributed by atoms with Gasteiger partial charge in [-0.05, 0) is 110 Å². The molecule has 11 atom stereocenters. The molecule has 15 aliphatic heterocycles. The van der Waals surface area contributed by atoms with Gasteiger partial charge in [0.15, 0.2) is 11.4 Å². The van der Waals surface area contributed by atoms with Crippen LogP contribution in [0.5, 0.6) is 5.75 Å². The Morgan fingerprint density at radius 3 is 1.45 bits per heavy atom. The number of rotatable bonds is 23. The van der Waals surface area contributed by atoms with Gasteiger partial charge >= 0.3 is 39.1 Å². The van der Waals surface area contributed by atoms with Crippen molar-refractivity contribution in [3.63, 3.8) is 0 Å². The summed E-state index contributed by atoms with van der Waals surface area (Å²) in [5.41, 5.74) is 0.863. The molecule has 24 nitrogen and oxygen atoms in total. The van der Waals surface area contributed by atoms with Crippen LogP contribution in [0.3, 0.4) is 0 Å². The number of Topliss-reactive ketones (excluding diaryl/α,β-unsaturated/α-hetero) is 1. The highest BCUT2D eigenvalue weighted by molar-refractivity contribution is 7.49. The van der Waals surface area contributed by atoms with Gasteiger partial charge in [0.25, 0.3) is 0 Å². The van der Waals surface area contributed by atoms with Crippen LogP contribution in [-0.4, -0.2) is 130 Å². The Kier molecular flexibility index (Phi) is 27.1. The predicted molar refractivity (Wildman–Crippen MR) is 368 cm³/mol. The zero-order chi connectivity index (χ0) is 71.0. The minimum atomic E-state index is -3.44. The van der Waals surface area contributed by atoms with E-state index in [-0.39, 0.29) is 86.0 Å². The molecule has 98 heavy (non-hydrogen) atoms. The van der Waals surface area contributed by atoms with Crippen LogP contribution in [0.1, 0.15) is 189 Å². The number of hydrogen-bond donors (Lipinski definition) is 0. The van der Waals surface area contributed by atoms with E-state index in [2.05, 4.69) is 40.7 Å². The SMILES string of the molecule is CCC12COP(=O)(OC1)OC2C(C)C.CCC1OP2(=O)OC(C)C1(Oc1ccccc1)C(C)O2.CCCCCCCOC12C(C)OP(=O)(OC1C)OC2C.CCCCCCCOC12COP(=O)(OC1C)OC2CC.Cc1cccc(-c2ccc(C(=O)C34COP(=O)(OC3)OC4)cc2)c1. The van der Waals surface area contributed by atoms with Crippen LogP contribution in [0.2, 0.25) is 0 Å². The van der Waals surface area contributed by atoms with Crippen LogP contribution in [0, 0.1) is 23.7 Å². The quantitative estimate of drug-likeness (QED) is 0.0485. The number of ether oxygens (including phenoxy) is 3. The van der Waals surface area contributed by atoms with Gasteiger partial charge in [0.1, 0.15) is 71.2 Å². The highest BCUT2D eigenvalue weighted by atomic mass is 31.2. The molecule has 0 radical (unpaired) electrons. The summed E-state index contributed by atoms with van der Waals surface area (Å²) >= 11 is 0. The molecule has 3 aromatic rings. The third kappa shape index (κ3) is 17.4. The molecule has 15 heterocycles. The van der Waals surface area contributed by atoms with Crippen molar-refractivity contribution in [1.29, 1.82) is 0 Å². The van der Waals surface area contributed by atoms with Gasteiger partial charge in [0.2, 0.25) is 0 Å². The second kappa shape index (κ2) is 33.4. The first-order valence-electron chi connectivity index (χ1n) is 35.3. The van der Waals surface area contributed by atoms with Crippen LogP contribution in [0.25, 0.3) is 11.1 Å². The van der Waals surface area contributed by atoms with Gasteiger partial charge in [0.05, 0.1) is 45.7 Å². The van der Waals surface area contributed by atoms with E-state index < -0.39 is 61.3 Å². The predicted octanol–water partition coefficient (Wildman–Crippen LogP) is 18.3. The summed E-state index contributed by atoms with van der Waals surface area (Å²) in [5.74, 6) is 0.958. The number of aryl methyl sites for hydroxylation is 1. The summed E-state index contributed by atoms with van der Waals surface area (Å²) in [6, 6.07) is 25.2. The third-order valence-electron chi connectivity index (χ3n) is 20.2. The smallest absolute Gasteiger partial charge is 0.476 e. The average molecular weight is 1480 g/mol. The number of hydrogen-bond acceptors (Lipinski definition) is 24. The molecule has 0 aliphatic carbocycles. The summed E-state index contributed by atoms with van der Waals surface area (Å²) in [4.78, 5) is 12.9. The van der Waals surface area contributed by atoms with E-state index in [1.807, 2.05) is 123 Å². The highest BCUT2D eigenvalue weighted by Gasteiger charge is 2.68. The lowest BCUT2D eigenvalue weighted by atomic mass is 9.76. The monoisotopic (exact) mass is 1470 g/mol.